The first-order valence-electron chi connectivity index (χ1n) is 39.7. The van der Waals surface area contributed by atoms with Crippen LogP contribution in [0.25, 0.3) is 0 Å². The van der Waals surface area contributed by atoms with Crippen molar-refractivity contribution in [3.05, 3.63) is 158 Å². The van der Waals surface area contributed by atoms with Crippen LogP contribution in [-0.2, 0) is 65.4 Å². The number of allylic oxidation sites excluding steroid dienone is 26. The molecule has 0 heterocycles. The van der Waals surface area contributed by atoms with Crippen molar-refractivity contribution in [3.63, 3.8) is 0 Å². The van der Waals surface area contributed by atoms with E-state index in [1.54, 1.807) is 0 Å². The number of carbonyl (C=O) groups excluding carboxylic acids is 4. The summed E-state index contributed by atoms with van der Waals surface area (Å²) in [5.74, 6) is -2.33. The Morgan fingerprint density at radius 3 is 0.856 bits per heavy atom. The van der Waals surface area contributed by atoms with Crippen LogP contribution in [0, 0.1) is 0 Å². The molecule has 17 nitrogen and oxygen atoms in total. The minimum Gasteiger partial charge on any atom is -0.462 e. The Balaban J connectivity index is 5.43. The third-order valence-electron chi connectivity index (χ3n) is 16.0. The van der Waals surface area contributed by atoms with E-state index >= 15 is 0 Å². The number of ether oxygens (including phenoxy) is 4. The number of phosphoric acid groups is 2. The lowest BCUT2D eigenvalue weighted by Crippen LogP contribution is -2.30. The molecule has 0 aromatic heterocycles. The van der Waals surface area contributed by atoms with Gasteiger partial charge in [0.25, 0.3) is 0 Å². The summed E-state index contributed by atoms with van der Waals surface area (Å²) in [5.41, 5.74) is 0. The first-order chi connectivity index (χ1) is 50.7. The van der Waals surface area contributed by atoms with Gasteiger partial charge >= 0.3 is 39.5 Å². The van der Waals surface area contributed by atoms with E-state index in [2.05, 4.69) is 167 Å². The van der Waals surface area contributed by atoms with Crippen molar-refractivity contribution in [1.29, 1.82) is 0 Å². The summed E-state index contributed by atoms with van der Waals surface area (Å²) in [4.78, 5) is 72.9. The van der Waals surface area contributed by atoms with E-state index in [1.807, 2.05) is 18.2 Å². The fourth-order valence-corrected chi connectivity index (χ4v) is 11.6. The van der Waals surface area contributed by atoms with E-state index in [1.165, 1.54) is 57.8 Å². The summed E-state index contributed by atoms with van der Waals surface area (Å²) in [6, 6.07) is 0. The van der Waals surface area contributed by atoms with Crippen LogP contribution in [0.3, 0.4) is 0 Å². The van der Waals surface area contributed by atoms with Crippen LogP contribution in [0.5, 0.6) is 0 Å². The summed E-state index contributed by atoms with van der Waals surface area (Å²) in [7, 11) is -9.99. The molecular weight excluding hydrogens is 1350 g/mol. The monoisotopic (exact) mass is 1490 g/mol. The maximum absolute atomic E-state index is 13.1. The zero-order valence-electron chi connectivity index (χ0n) is 64.6. The second kappa shape index (κ2) is 75.9. The highest BCUT2D eigenvalue weighted by atomic mass is 31.2. The van der Waals surface area contributed by atoms with Crippen molar-refractivity contribution < 1.29 is 80.2 Å². The van der Waals surface area contributed by atoms with Gasteiger partial charge < -0.3 is 33.8 Å². The Labute approximate surface area is 629 Å². The normalized spacial score (nSPS) is 14.7. The van der Waals surface area contributed by atoms with Gasteiger partial charge in [0, 0.05) is 25.7 Å². The molecule has 0 saturated heterocycles. The van der Waals surface area contributed by atoms with Gasteiger partial charge in [0.2, 0.25) is 0 Å². The van der Waals surface area contributed by atoms with Gasteiger partial charge in [-0.1, -0.05) is 288 Å². The first kappa shape index (κ1) is 98.7. The number of unbranched alkanes of at least 4 members (excludes halogenated alkanes) is 21. The van der Waals surface area contributed by atoms with Crippen molar-refractivity contribution in [2.24, 2.45) is 0 Å². The molecule has 0 aromatic carbocycles. The number of carbonyl (C=O) groups is 4. The Bertz CT molecular complexity index is 2590. The quantitative estimate of drug-likeness (QED) is 0.0169. The molecule has 0 aliphatic heterocycles. The van der Waals surface area contributed by atoms with Gasteiger partial charge in [-0.15, -0.1) is 0 Å². The SMILES string of the molecule is CC/C=C\C/C=C\C/C=C\C/C=C\C/C=C\C/C=C\CCC(=O)OCC(COP(=O)(O)OCC(O)COP(=O)(O)OCC(COC(=O)CCCCC/C=C\C/C=C\C/C=C\C/C=C\C/C=C\CC)OC(=O)CCCCCCC/C=C\C/C=C\CCCCC)OC(=O)CCCCCCCCCCCCC. The number of phosphoric ester groups is 2. The molecule has 5 unspecified atom stereocenters. The highest BCUT2D eigenvalue weighted by Crippen LogP contribution is 2.45. The molecule has 0 bridgehead atoms. The van der Waals surface area contributed by atoms with Gasteiger partial charge in [-0.3, -0.25) is 37.3 Å². The van der Waals surface area contributed by atoms with Crippen molar-refractivity contribution in [2.75, 3.05) is 39.6 Å². The molecule has 0 amide bonds. The van der Waals surface area contributed by atoms with E-state index in [0.29, 0.717) is 32.1 Å². The standard InChI is InChI=1S/C85H140O17P2/c1-5-9-13-17-21-25-29-32-35-37-39-41-44-46-50-53-57-61-65-69-82(87)95-75-80(101-84(89)71-67-63-59-55-49-28-24-20-16-12-8-4)77-99-103(91,92)97-73-79(86)74-98-104(93,94)100-78-81(102-85(90)72-68-64-60-56-52-48-43-34-31-27-23-19-15-11-7-3)76-96-83(88)70-66-62-58-54-51-47-45-42-40-38-36-33-30-26-22-18-14-10-6-2/h9-10,13-14,21-23,25-27,32-36,39-43,46-47,50-51,57,61,79-81,86H,5-8,11-12,15-20,24,28-31,37-38,44-45,48-49,52-56,58-60,62-78H2,1-4H3,(H,91,92)(H,93,94)/b13-9-,14-10-,25-21-,26-22-,27-23-,35-32-,36-33-,41-39-,42-40-,43-34-,50-46-,51-47-,61-57-. The number of rotatable bonds is 73. The minimum absolute atomic E-state index is 0.0329. The molecule has 19 heteroatoms. The summed E-state index contributed by atoms with van der Waals surface area (Å²) >= 11 is 0. The smallest absolute Gasteiger partial charge is 0.462 e. The third kappa shape index (κ3) is 74.9. The number of esters is 4. The van der Waals surface area contributed by atoms with Crippen LogP contribution < -0.4 is 0 Å². The van der Waals surface area contributed by atoms with Crippen molar-refractivity contribution in [1.82, 2.24) is 0 Å². The van der Waals surface area contributed by atoms with Gasteiger partial charge in [-0.05, 0) is 141 Å². The minimum atomic E-state index is -5.00. The fraction of sp³-hybridized carbons (Fsp3) is 0.647. The lowest BCUT2D eigenvalue weighted by atomic mass is 10.1. The molecule has 0 aliphatic carbocycles. The highest BCUT2D eigenvalue weighted by Gasteiger charge is 2.30. The predicted octanol–water partition coefficient (Wildman–Crippen LogP) is 23.2. The summed E-state index contributed by atoms with van der Waals surface area (Å²) in [5, 5.41) is 10.6. The van der Waals surface area contributed by atoms with Crippen molar-refractivity contribution in [2.45, 2.75) is 316 Å². The lowest BCUT2D eigenvalue weighted by molar-refractivity contribution is -0.161. The Kier molecular flexibility index (Phi) is 72.0. The van der Waals surface area contributed by atoms with Crippen LogP contribution >= 0.6 is 15.6 Å². The molecule has 104 heavy (non-hydrogen) atoms. The topological polar surface area (TPSA) is 237 Å². The van der Waals surface area contributed by atoms with E-state index in [-0.39, 0.29) is 25.7 Å². The maximum Gasteiger partial charge on any atom is 0.472 e. The molecule has 592 valence electrons. The van der Waals surface area contributed by atoms with Crippen LogP contribution in [0.2, 0.25) is 0 Å². The average Bonchev–Trinajstić information content (AvgIpc) is 0.931. The summed E-state index contributed by atoms with van der Waals surface area (Å²) in [6.45, 7) is 4.47. The number of hydrogen-bond acceptors (Lipinski definition) is 15. The number of hydrogen-bond donors (Lipinski definition) is 3. The van der Waals surface area contributed by atoms with Gasteiger partial charge in [-0.2, -0.15) is 0 Å². The Morgan fingerprint density at radius 1 is 0.279 bits per heavy atom. The molecule has 0 radical (unpaired) electrons. The van der Waals surface area contributed by atoms with Gasteiger partial charge in [-0.25, -0.2) is 9.13 Å². The van der Waals surface area contributed by atoms with Crippen LogP contribution in [-0.4, -0.2) is 96.7 Å². The first-order valence-corrected chi connectivity index (χ1v) is 42.7. The molecule has 0 aliphatic rings. The van der Waals surface area contributed by atoms with Crippen LogP contribution in [0.1, 0.15) is 297 Å². The summed E-state index contributed by atoms with van der Waals surface area (Å²) in [6.07, 6.45) is 88.1. The van der Waals surface area contributed by atoms with Crippen molar-refractivity contribution >= 4 is 39.5 Å². The lowest BCUT2D eigenvalue weighted by Gasteiger charge is -2.21. The van der Waals surface area contributed by atoms with Crippen molar-refractivity contribution in [3.8, 4) is 0 Å². The van der Waals surface area contributed by atoms with Crippen LogP contribution in [0.4, 0.5) is 0 Å². The molecule has 3 N–H and O–H groups in total. The molecule has 0 rings (SSSR count). The largest absolute Gasteiger partial charge is 0.472 e. The molecule has 0 saturated carbocycles. The maximum atomic E-state index is 13.1. The molecule has 5 atom stereocenters. The molecule has 0 aromatic rings. The zero-order chi connectivity index (χ0) is 76.0. The van der Waals surface area contributed by atoms with E-state index in [9.17, 15) is 43.2 Å². The fourth-order valence-electron chi connectivity index (χ4n) is 10.0. The van der Waals surface area contributed by atoms with Gasteiger partial charge in [0.15, 0.2) is 12.2 Å². The van der Waals surface area contributed by atoms with E-state index in [4.69, 9.17) is 37.0 Å². The highest BCUT2D eigenvalue weighted by molar-refractivity contribution is 7.47. The van der Waals surface area contributed by atoms with E-state index in [0.717, 1.165) is 154 Å². The Morgan fingerprint density at radius 2 is 0.519 bits per heavy atom. The predicted molar refractivity (Wildman–Crippen MR) is 427 cm³/mol. The number of aliphatic hydroxyl groups is 1. The summed E-state index contributed by atoms with van der Waals surface area (Å²) < 4.78 is 68.4. The molecule has 0 spiro atoms. The third-order valence-corrected chi connectivity index (χ3v) is 17.9. The van der Waals surface area contributed by atoms with Gasteiger partial charge in [0.05, 0.1) is 26.4 Å². The second-order valence-corrected chi connectivity index (χ2v) is 28.8. The van der Waals surface area contributed by atoms with E-state index < -0.39 is 97.5 Å². The molecule has 0 fully saturated rings. The Hall–Kier alpha value is -5.32. The van der Waals surface area contributed by atoms with Gasteiger partial charge in [0.1, 0.15) is 19.3 Å². The van der Waals surface area contributed by atoms with Crippen LogP contribution in [0.15, 0.2) is 158 Å². The zero-order valence-corrected chi connectivity index (χ0v) is 66.4. The molecular formula is C85H140O17P2. The second-order valence-electron chi connectivity index (χ2n) is 25.9. The average molecular weight is 1500 g/mol. The number of aliphatic hydroxyl groups excluding tert-OH is 1.